The fourth-order valence-corrected chi connectivity index (χ4v) is 5.76. The number of aliphatic imine (C=N–C) groups is 1. The highest BCUT2D eigenvalue weighted by Gasteiger charge is 2.59. The summed E-state index contributed by atoms with van der Waals surface area (Å²) < 4.78 is 0. The lowest BCUT2D eigenvalue weighted by Gasteiger charge is -2.23. The topological polar surface area (TPSA) is 185 Å². The average Bonchev–Trinajstić information content (AvgIpc) is 3.56. The number of nitrogens with two attached hydrogens (primary N) is 1. The Bertz CT molecular complexity index is 1100. The van der Waals surface area contributed by atoms with E-state index in [-0.39, 0.29) is 85.7 Å². The van der Waals surface area contributed by atoms with Crippen LogP contribution in [0.2, 0.25) is 0 Å². The lowest BCUT2D eigenvalue weighted by molar-refractivity contribution is -0.141. The number of Topliss-reactive ketones (excluding diaryl/α,β-unsaturated/α-hetero) is 3. The number of allylic oxidation sites excluding steroid dienone is 2. The number of amidine groups is 1. The number of hydrogen-bond acceptors (Lipinski definition) is 8. The molecule has 40 heavy (non-hydrogen) atoms. The Kier molecular flexibility index (Phi) is 10.5. The van der Waals surface area contributed by atoms with Gasteiger partial charge >= 0.3 is 0 Å². The smallest absolute Gasteiger partial charge is 0.243 e. The molecule has 2 fully saturated rings. The van der Waals surface area contributed by atoms with Gasteiger partial charge in [-0.15, -0.1) is 0 Å². The molecule has 6 atom stereocenters. The Labute approximate surface area is 233 Å². The first-order valence-corrected chi connectivity index (χ1v) is 13.8. The van der Waals surface area contributed by atoms with Crippen LogP contribution in [0.4, 0.5) is 0 Å². The molecule has 1 saturated heterocycles. The van der Waals surface area contributed by atoms with Crippen LogP contribution in [0.15, 0.2) is 17.1 Å². The van der Waals surface area contributed by atoms with E-state index in [1.165, 1.54) is 13.8 Å². The Morgan fingerprint density at radius 3 is 2.10 bits per heavy atom. The van der Waals surface area contributed by atoms with Gasteiger partial charge in [0.2, 0.25) is 23.6 Å². The van der Waals surface area contributed by atoms with Gasteiger partial charge in [0, 0.05) is 38.8 Å². The van der Waals surface area contributed by atoms with Crippen molar-refractivity contribution in [2.45, 2.75) is 77.8 Å². The van der Waals surface area contributed by atoms with Crippen molar-refractivity contribution in [3.8, 4) is 0 Å². The van der Waals surface area contributed by atoms with Crippen molar-refractivity contribution in [3.05, 3.63) is 12.2 Å². The molecule has 3 aliphatic rings. The molecule has 4 N–H and O–H groups in total. The number of amides is 4. The van der Waals surface area contributed by atoms with E-state index in [9.17, 15) is 33.6 Å². The van der Waals surface area contributed by atoms with Crippen LogP contribution >= 0.6 is 0 Å². The molecule has 3 rings (SSSR count). The number of carbonyl (C=O) groups is 7. The molecule has 218 valence electrons. The second-order valence-electron chi connectivity index (χ2n) is 11.0. The minimum absolute atomic E-state index is 0.00702. The van der Waals surface area contributed by atoms with E-state index in [4.69, 9.17) is 5.73 Å². The van der Waals surface area contributed by atoms with E-state index in [0.717, 1.165) is 11.3 Å². The predicted octanol–water partition coefficient (Wildman–Crippen LogP) is 0.228. The quantitative estimate of drug-likeness (QED) is 0.0791. The van der Waals surface area contributed by atoms with Crippen LogP contribution in [-0.2, 0) is 33.6 Å². The van der Waals surface area contributed by atoms with Crippen LogP contribution in [0.3, 0.4) is 0 Å². The van der Waals surface area contributed by atoms with Crippen LogP contribution in [-0.4, -0.2) is 76.9 Å². The van der Waals surface area contributed by atoms with Crippen molar-refractivity contribution in [1.29, 1.82) is 0 Å². The molecule has 1 aliphatic heterocycles. The standard InChI is InChI=1S/C28H39N5O7/c1-15(34)6-9-22(36)21(13-16(2)35)32-26(38)20(5-4-11-30-17(3)29)31-23(37)10-12-33-27(39)24-18-7-8-19(14-18)25(24)28(33)40/h7-8,18-21,24-25H,4-6,9-14H2,1-3H3,(H2,29,30)(H,31,37)(H,32,38)/t18-,19?,20+,21+,24+,25?/m1/s1. The van der Waals surface area contributed by atoms with Crippen LogP contribution in [0.1, 0.15) is 65.7 Å². The maximum atomic E-state index is 13.2. The van der Waals surface area contributed by atoms with Gasteiger partial charge < -0.3 is 21.2 Å². The molecule has 0 spiro atoms. The largest absolute Gasteiger partial charge is 0.388 e. The molecule has 2 aliphatic carbocycles. The number of imide groups is 1. The molecule has 12 nitrogen and oxygen atoms in total. The fourth-order valence-electron chi connectivity index (χ4n) is 5.76. The van der Waals surface area contributed by atoms with Gasteiger partial charge in [0.15, 0.2) is 5.78 Å². The number of nitrogens with one attached hydrogen (secondary N) is 2. The van der Waals surface area contributed by atoms with Crippen LogP contribution in [0, 0.1) is 23.7 Å². The molecular weight excluding hydrogens is 518 g/mol. The number of hydrogen-bond donors (Lipinski definition) is 3. The highest BCUT2D eigenvalue weighted by molar-refractivity contribution is 6.06. The third-order valence-corrected chi connectivity index (χ3v) is 7.71. The number of rotatable bonds is 16. The van der Waals surface area contributed by atoms with Crippen molar-refractivity contribution >= 4 is 46.8 Å². The number of likely N-dealkylation sites (tertiary alicyclic amines) is 1. The summed E-state index contributed by atoms with van der Waals surface area (Å²) in [4.78, 5) is 92.8. The lowest BCUT2D eigenvalue weighted by atomic mass is 9.85. The van der Waals surface area contributed by atoms with Gasteiger partial charge in [0.05, 0.1) is 23.7 Å². The molecular formula is C28H39N5O7. The van der Waals surface area contributed by atoms with Crippen molar-refractivity contribution in [1.82, 2.24) is 15.5 Å². The highest BCUT2D eigenvalue weighted by atomic mass is 16.2. The second-order valence-corrected chi connectivity index (χ2v) is 11.0. The van der Waals surface area contributed by atoms with E-state index in [0.29, 0.717) is 18.8 Å². The average molecular weight is 558 g/mol. The summed E-state index contributed by atoms with van der Waals surface area (Å²) in [5, 5.41) is 5.20. The van der Waals surface area contributed by atoms with Gasteiger partial charge in [-0.05, 0) is 51.9 Å². The Hall–Kier alpha value is -3.70. The number of carbonyl (C=O) groups excluding carboxylic acids is 7. The van der Waals surface area contributed by atoms with Gasteiger partial charge in [0.25, 0.3) is 0 Å². The maximum absolute atomic E-state index is 13.2. The molecule has 0 aromatic rings. The zero-order valence-electron chi connectivity index (χ0n) is 23.3. The molecule has 1 saturated carbocycles. The zero-order chi connectivity index (χ0) is 29.6. The van der Waals surface area contributed by atoms with Crippen molar-refractivity contribution in [2.24, 2.45) is 34.4 Å². The maximum Gasteiger partial charge on any atom is 0.243 e. The summed E-state index contributed by atoms with van der Waals surface area (Å²) in [6.45, 7) is 4.49. The van der Waals surface area contributed by atoms with E-state index < -0.39 is 29.7 Å². The van der Waals surface area contributed by atoms with Gasteiger partial charge in [-0.2, -0.15) is 0 Å². The summed E-state index contributed by atoms with van der Waals surface area (Å²) in [5.74, 6) is -2.85. The summed E-state index contributed by atoms with van der Waals surface area (Å²) in [6.07, 6.45) is 4.82. The third kappa shape index (κ3) is 7.70. The number of nitrogens with zero attached hydrogens (tertiary/aromatic N) is 2. The molecule has 0 aromatic heterocycles. The summed E-state index contributed by atoms with van der Waals surface area (Å²) >= 11 is 0. The Morgan fingerprint density at radius 1 is 0.925 bits per heavy atom. The van der Waals surface area contributed by atoms with E-state index in [2.05, 4.69) is 15.6 Å². The van der Waals surface area contributed by atoms with Gasteiger partial charge in [-0.25, -0.2) is 0 Å². The van der Waals surface area contributed by atoms with Crippen LogP contribution in [0.5, 0.6) is 0 Å². The molecule has 2 unspecified atom stereocenters. The second kappa shape index (κ2) is 13.6. The lowest BCUT2D eigenvalue weighted by Crippen LogP contribution is -2.52. The van der Waals surface area contributed by atoms with Gasteiger partial charge in [-0.1, -0.05) is 12.2 Å². The van der Waals surface area contributed by atoms with Crippen LogP contribution < -0.4 is 16.4 Å². The Morgan fingerprint density at radius 2 is 1.55 bits per heavy atom. The first kappa shape index (κ1) is 30.8. The van der Waals surface area contributed by atoms with Crippen molar-refractivity contribution in [3.63, 3.8) is 0 Å². The summed E-state index contributed by atoms with van der Waals surface area (Å²) in [6, 6.07) is -2.18. The number of ketones is 3. The minimum Gasteiger partial charge on any atom is -0.388 e. The van der Waals surface area contributed by atoms with Crippen LogP contribution in [0.25, 0.3) is 0 Å². The first-order valence-electron chi connectivity index (χ1n) is 13.8. The summed E-state index contributed by atoms with van der Waals surface area (Å²) in [5.41, 5.74) is 5.57. The molecule has 4 amide bonds. The van der Waals surface area contributed by atoms with Gasteiger partial charge in [-0.3, -0.25) is 38.7 Å². The molecule has 0 radical (unpaired) electrons. The predicted molar refractivity (Wildman–Crippen MR) is 145 cm³/mol. The minimum atomic E-state index is -1.13. The molecule has 0 aromatic carbocycles. The van der Waals surface area contributed by atoms with E-state index in [1.54, 1.807) is 6.92 Å². The van der Waals surface area contributed by atoms with E-state index in [1.807, 2.05) is 12.2 Å². The zero-order valence-corrected chi connectivity index (χ0v) is 23.3. The summed E-state index contributed by atoms with van der Waals surface area (Å²) in [7, 11) is 0. The van der Waals surface area contributed by atoms with Crippen molar-refractivity contribution in [2.75, 3.05) is 13.1 Å². The fraction of sp³-hybridized carbons (Fsp3) is 0.643. The highest BCUT2D eigenvalue weighted by Crippen LogP contribution is 2.52. The molecule has 1 heterocycles. The Balaban J connectivity index is 1.62. The third-order valence-electron chi connectivity index (χ3n) is 7.71. The first-order chi connectivity index (χ1) is 18.9. The van der Waals surface area contributed by atoms with Gasteiger partial charge in [0.1, 0.15) is 17.6 Å². The molecule has 12 heteroatoms. The molecule has 2 bridgehead atoms. The van der Waals surface area contributed by atoms with E-state index >= 15 is 0 Å². The normalized spacial score (nSPS) is 24.6. The monoisotopic (exact) mass is 557 g/mol. The number of fused-ring (bicyclic) bond motifs is 5. The van der Waals surface area contributed by atoms with Crippen molar-refractivity contribution < 1.29 is 33.6 Å². The SMILES string of the molecule is CC(=O)CCC(=O)[C@H](CC(C)=O)NC(=O)[C@H](CCCN=C(C)N)NC(=O)CCN1C(=O)C2C3C=C[C@H](C3)[C@@H]2C1=O.